The lowest BCUT2D eigenvalue weighted by atomic mass is 10.1. The highest BCUT2D eigenvalue weighted by Gasteiger charge is 2.19. The molecule has 0 aliphatic heterocycles. The van der Waals surface area contributed by atoms with Gasteiger partial charge in [-0.3, -0.25) is 14.4 Å². The molecule has 6 nitrogen and oxygen atoms in total. The molecule has 0 rings (SSSR count). The first-order valence-corrected chi connectivity index (χ1v) is 28.6. The second-order valence-corrected chi connectivity index (χ2v) is 18.8. The summed E-state index contributed by atoms with van der Waals surface area (Å²) >= 11 is 0. The Morgan fingerprint density at radius 1 is 0.309 bits per heavy atom. The van der Waals surface area contributed by atoms with Gasteiger partial charge in [-0.15, -0.1) is 0 Å². The van der Waals surface area contributed by atoms with Crippen molar-refractivity contribution < 1.29 is 28.6 Å². The van der Waals surface area contributed by atoms with Crippen LogP contribution in [0.2, 0.25) is 0 Å². The maximum absolute atomic E-state index is 12.8. The lowest BCUT2D eigenvalue weighted by Gasteiger charge is -2.18. The van der Waals surface area contributed by atoms with E-state index in [9.17, 15) is 14.4 Å². The third-order valence-electron chi connectivity index (χ3n) is 12.1. The standard InChI is InChI=1S/C62H106O6/c1-4-7-10-13-16-19-21-23-25-27-29-30-31-32-34-35-37-39-41-43-46-49-52-55-61(64)67-58-59(57-66-60(63)54-51-48-45-18-15-12-9-6-3)68-62(65)56-53-50-47-44-42-40-38-36-33-28-26-24-22-20-17-14-11-8-5-2/h7,10,16,19,23-26,29-30,32,34,37,39,59H,4-6,8-9,11-15,17-18,20-22,27-28,31,33,35-36,38,40-58H2,1-3H3/b10-7-,19-16-,25-23-,26-24-,30-29-,34-32-,39-37-. The molecule has 0 aromatic rings. The van der Waals surface area contributed by atoms with E-state index < -0.39 is 6.10 Å². The van der Waals surface area contributed by atoms with E-state index in [0.29, 0.717) is 19.3 Å². The van der Waals surface area contributed by atoms with Crippen molar-refractivity contribution in [3.63, 3.8) is 0 Å². The van der Waals surface area contributed by atoms with Gasteiger partial charge in [0.15, 0.2) is 6.10 Å². The van der Waals surface area contributed by atoms with Crippen molar-refractivity contribution in [1.29, 1.82) is 0 Å². The minimum atomic E-state index is -0.786. The molecule has 0 aliphatic carbocycles. The predicted octanol–water partition coefficient (Wildman–Crippen LogP) is 19.2. The van der Waals surface area contributed by atoms with E-state index in [1.165, 1.54) is 122 Å². The molecular formula is C62H106O6. The number of carbonyl (C=O) groups excluding carboxylic acids is 3. The van der Waals surface area contributed by atoms with Crippen LogP contribution in [-0.2, 0) is 28.6 Å². The summed E-state index contributed by atoms with van der Waals surface area (Å²) < 4.78 is 16.8. The van der Waals surface area contributed by atoms with E-state index in [-0.39, 0.29) is 31.1 Å². The van der Waals surface area contributed by atoms with E-state index in [1.807, 2.05) is 0 Å². The molecule has 0 bridgehead atoms. The monoisotopic (exact) mass is 947 g/mol. The number of unbranched alkanes of at least 4 members (excludes halogenated alkanes) is 26. The molecule has 0 saturated carbocycles. The normalized spacial score (nSPS) is 12.7. The maximum Gasteiger partial charge on any atom is 0.306 e. The smallest absolute Gasteiger partial charge is 0.306 e. The summed E-state index contributed by atoms with van der Waals surface area (Å²) in [4.78, 5) is 38.0. The fourth-order valence-electron chi connectivity index (χ4n) is 7.85. The molecule has 1 unspecified atom stereocenters. The molecule has 0 aromatic heterocycles. The van der Waals surface area contributed by atoms with Crippen LogP contribution in [0, 0.1) is 0 Å². The Balaban J connectivity index is 4.30. The highest BCUT2D eigenvalue weighted by Crippen LogP contribution is 2.15. The van der Waals surface area contributed by atoms with Crippen molar-refractivity contribution in [1.82, 2.24) is 0 Å². The molecule has 0 aromatic carbocycles. The van der Waals surface area contributed by atoms with E-state index in [0.717, 1.165) is 109 Å². The van der Waals surface area contributed by atoms with Crippen molar-refractivity contribution in [3.8, 4) is 0 Å². The van der Waals surface area contributed by atoms with Gasteiger partial charge < -0.3 is 14.2 Å². The average molecular weight is 948 g/mol. The number of hydrogen-bond donors (Lipinski definition) is 0. The first kappa shape index (κ1) is 64.6. The molecule has 0 spiro atoms. The second kappa shape index (κ2) is 56.2. The van der Waals surface area contributed by atoms with Crippen LogP contribution in [0.1, 0.15) is 271 Å². The Hall–Kier alpha value is -3.41. The predicted molar refractivity (Wildman–Crippen MR) is 293 cm³/mol. The Morgan fingerprint density at radius 2 is 0.574 bits per heavy atom. The van der Waals surface area contributed by atoms with Crippen LogP contribution in [0.4, 0.5) is 0 Å². The van der Waals surface area contributed by atoms with E-state index in [4.69, 9.17) is 14.2 Å². The van der Waals surface area contributed by atoms with Crippen molar-refractivity contribution >= 4 is 17.9 Å². The van der Waals surface area contributed by atoms with Crippen molar-refractivity contribution in [2.45, 2.75) is 277 Å². The summed E-state index contributed by atoms with van der Waals surface area (Å²) in [5.74, 6) is -0.912. The topological polar surface area (TPSA) is 78.9 Å². The zero-order valence-electron chi connectivity index (χ0n) is 44.6. The van der Waals surface area contributed by atoms with Crippen LogP contribution in [0.25, 0.3) is 0 Å². The summed E-state index contributed by atoms with van der Waals surface area (Å²) in [5.41, 5.74) is 0. The number of rotatable bonds is 51. The number of allylic oxidation sites excluding steroid dienone is 14. The second-order valence-electron chi connectivity index (χ2n) is 18.8. The molecule has 6 heteroatoms. The zero-order chi connectivity index (χ0) is 49.3. The SMILES string of the molecule is CC/C=C\C/C=C\C/C=C\C/C=C\C/C=C\C/C=C\CCCCCCC(=O)OCC(COC(=O)CCCCCCCCCC)OC(=O)CCCCCCCCCCC/C=C\CCCCCCCC. The molecule has 0 amide bonds. The van der Waals surface area contributed by atoms with Gasteiger partial charge in [-0.05, 0) is 96.3 Å². The third kappa shape index (κ3) is 53.5. The molecule has 68 heavy (non-hydrogen) atoms. The lowest BCUT2D eigenvalue weighted by Crippen LogP contribution is -2.30. The molecule has 0 radical (unpaired) electrons. The third-order valence-corrected chi connectivity index (χ3v) is 12.1. The summed E-state index contributed by atoms with van der Waals surface area (Å²) in [6, 6.07) is 0. The molecular weight excluding hydrogens is 841 g/mol. The first-order valence-electron chi connectivity index (χ1n) is 28.6. The van der Waals surface area contributed by atoms with Crippen LogP contribution in [0.5, 0.6) is 0 Å². The molecule has 0 fully saturated rings. The van der Waals surface area contributed by atoms with Gasteiger partial charge in [-0.1, -0.05) is 241 Å². The molecule has 0 saturated heterocycles. The van der Waals surface area contributed by atoms with E-state index in [2.05, 4.69) is 106 Å². The summed E-state index contributed by atoms with van der Waals surface area (Å²) in [5, 5.41) is 0. The Kier molecular flexibility index (Phi) is 53.4. The Labute approximate surface area is 420 Å². The van der Waals surface area contributed by atoms with Gasteiger partial charge in [0.05, 0.1) is 0 Å². The Bertz CT molecular complexity index is 1320. The van der Waals surface area contributed by atoms with E-state index in [1.54, 1.807) is 0 Å². The molecule has 390 valence electrons. The van der Waals surface area contributed by atoms with Gasteiger partial charge in [0, 0.05) is 19.3 Å². The minimum absolute atomic E-state index is 0.0844. The quantitative estimate of drug-likeness (QED) is 0.0262. The number of esters is 3. The van der Waals surface area contributed by atoms with Gasteiger partial charge in [-0.2, -0.15) is 0 Å². The minimum Gasteiger partial charge on any atom is -0.462 e. The van der Waals surface area contributed by atoms with Crippen LogP contribution in [-0.4, -0.2) is 37.2 Å². The van der Waals surface area contributed by atoms with Crippen molar-refractivity contribution in [2.24, 2.45) is 0 Å². The highest BCUT2D eigenvalue weighted by atomic mass is 16.6. The van der Waals surface area contributed by atoms with Gasteiger partial charge >= 0.3 is 17.9 Å². The zero-order valence-corrected chi connectivity index (χ0v) is 44.6. The fraction of sp³-hybridized carbons (Fsp3) is 0.726. The van der Waals surface area contributed by atoms with Gasteiger partial charge in [0.2, 0.25) is 0 Å². The number of hydrogen-bond acceptors (Lipinski definition) is 6. The van der Waals surface area contributed by atoms with Gasteiger partial charge in [0.1, 0.15) is 13.2 Å². The Morgan fingerprint density at radius 3 is 0.912 bits per heavy atom. The number of ether oxygens (including phenoxy) is 3. The summed E-state index contributed by atoms with van der Waals surface area (Å²) in [6.07, 6.45) is 73.0. The van der Waals surface area contributed by atoms with Crippen molar-refractivity contribution in [3.05, 3.63) is 85.1 Å². The van der Waals surface area contributed by atoms with Crippen LogP contribution < -0.4 is 0 Å². The first-order chi connectivity index (χ1) is 33.5. The molecule has 0 heterocycles. The van der Waals surface area contributed by atoms with Gasteiger partial charge in [-0.25, -0.2) is 0 Å². The highest BCUT2D eigenvalue weighted by molar-refractivity contribution is 5.71. The van der Waals surface area contributed by atoms with Crippen molar-refractivity contribution in [2.75, 3.05) is 13.2 Å². The maximum atomic E-state index is 12.8. The van der Waals surface area contributed by atoms with E-state index >= 15 is 0 Å². The largest absolute Gasteiger partial charge is 0.462 e. The van der Waals surface area contributed by atoms with Crippen LogP contribution >= 0.6 is 0 Å². The average Bonchev–Trinajstić information content (AvgIpc) is 3.34. The molecule has 0 aliphatic rings. The fourth-order valence-corrected chi connectivity index (χ4v) is 7.85. The lowest BCUT2D eigenvalue weighted by molar-refractivity contribution is -0.167. The number of carbonyl (C=O) groups is 3. The molecule has 1 atom stereocenters. The van der Waals surface area contributed by atoms with Gasteiger partial charge in [0.25, 0.3) is 0 Å². The molecule has 0 N–H and O–H groups in total. The summed E-state index contributed by atoms with van der Waals surface area (Å²) in [7, 11) is 0. The van der Waals surface area contributed by atoms with Crippen LogP contribution in [0.3, 0.4) is 0 Å². The van der Waals surface area contributed by atoms with Crippen LogP contribution in [0.15, 0.2) is 85.1 Å². The summed E-state index contributed by atoms with van der Waals surface area (Å²) in [6.45, 7) is 6.48.